The fourth-order valence-electron chi connectivity index (χ4n) is 1.88. The lowest BCUT2D eigenvalue weighted by Crippen LogP contribution is -2.14. The van der Waals surface area contributed by atoms with Gasteiger partial charge in [0.05, 0.1) is 0 Å². The van der Waals surface area contributed by atoms with Gasteiger partial charge in [-0.15, -0.1) is 0 Å². The highest BCUT2D eigenvalue weighted by atomic mass is 19.1. The zero-order valence-electron chi connectivity index (χ0n) is 8.11. The summed E-state index contributed by atoms with van der Waals surface area (Å²) in [6, 6.07) is 2.57. The molecule has 1 saturated heterocycles. The maximum absolute atomic E-state index is 13.5. The van der Waals surface area contributed by atoms with Gasteiger partial charge in [0.15, 0.2) is 0 Å². The highest BCUT2D eigenvalue weighted by Crippen LogP contribution is 2.26. The standard InChI is InChI=1S/C11H13F2N/c1-7-5-10(13)8(6-9(7)12)11-3-2-4-14-11/h5-6,11,14H,2-4H2,1H3. The van der Waals surface area contributed by atoms with Crippen LogP contribution in [0.15, 0.2) is 12.1 Å². The third kappa shape index (κ3) is 1.64. The van der Waals surface area contributed by atoms with Crippen LogP contribution in [0, 0.1) is 18.6 Å². The van der Waals surface area contributed by atoms with Gasteiger partial charge < -0.3 is 5.32 Å². The molecule has 1 nitrogen and oxygen atoms in total. The Balaban J connectivity index is 2.37. The van der Waals surface area contributed by atoms with Gasteiger partial charge in [-0.1, -0.05) is 0 Å². The van der Waals surface area contributed by atoms with Gasteiger partial charge in [-0.2, -0.15) is 0 Å². The summed E-state index contributed by atoms with van der Waals surface area (Å²) in [5.41, 5.74) is 0.829. The molecule has 1 N–H and O–H groups in total. The van der Waals surface area contributed by atoms with Crippen molar-refractivity contribution in [3.8, 4) is 0 Å². The molecular weight excluding hydrogens is 184 g/mol. The van der Waals surface area contributed by atoms with Crippen molar-refractivity contribution >= 4 is 0 Å². The Morgan fingerprint density at radius 2 is 2.07 bits per heavy atom. The number of halogens is 2. The van der Waals surface area contributed by atoms with Crippen LogP contribution in [0.25, 0.3) is 0 Å². The van der Waals surface area contributed by atoms with Crippen LogP contribution in [0.2, 0.25) is 0 Å². The largest absolute Gasteiger partial charge is 0.310 e. The molecule has 0 amide bonds. The Bertz CT molecular complexity index is 343. The molecular formula is C11H13F2N. The first-order valence-corrected chi connectivity index (χ1v) is 4.87. The average Bonchev–Trinajstić information content (AvgIpc) is 2.64. The molecule has 0 aliphatic carbocycles. The molecule has 0 aromatic heterocycles. The zero-order valence-corrected chi connectivity index (χ0v) is 8.11. The third-order valence-electron chi connectivity index (χ3n) is 2.71. The van der Waals surface area contributed by atoms with E-state index in [4.69, 9.17) is 0 Å². The van der Waals surface area contributed by atoms with Crippen molar-refractivity contribution in [2.75, 3.05) is 6.54 Å². The van der Waals surface area contributed by atoms with Crippen molar-refractivity contribution in [3.05, 3.63) is 34.9 Å². The number of nitrogens with one attached hydrogen (secondary N) is 1. The zero-order chi connectivity index (χ0) is 10.1. The first-order chi connectivity index (χ1) is 6.68. The van der Waals surface area contributed by atoms with Crippen LogP contribution in [-0.2, 0) is 0 Å². The van der Waals surface area contributed by atoms with E-state index in [1.807, 2.05) is 0 Å². The van der Waals surface area contributed by atoms with Crippen molar-refractivity contribution in [2.45, 2.75) is 25.8 Å². The second-order valence-electron chi connectivity index (χ2n) is 3.77. The second-order valence-corrected chi connectivity index (χ2v) is 3.77. The summed E-state index contributed by atoms with van der Waals surface area (Å²) in [6.07, 6.45) is 1.92. The number of aryl methyl sites for hydroxylation is 1. The molecule has 1 aliphatic heterocycles. The molecule has 1 atom stereocenters. The van der Waals surface area contributed by atoms with Gasteiger partial charge in [0.25, 0.3) is 0 Å². The number of rotatable bonds is 1. The van der Waals surface area contributed by atoms with E-state index in [1.165, 1.54) is 12.1 Å². The van der Waals surface area contributed by atoms with Gasteiger partial charge in [-0.25, -0.2) is 8.78 Å². The summed E-state index contributed by atoms with van der Waals surface area (Å²) in [7, 11) is 0. The van der Waals surface area contributed by atoms with Crippen molar-refractivity contribution < 1.29 is 8.78 Å². The van der Waals surface area contributed by atoms with Crippen molar-refractivity contribution in [1.29, 1.82) is 0 Å². The first-order valence-electron chi connectivity index (χ1n) is 4.87. The van der Waals surface area contributed by atoms with E-state index >= 15 is 0 Å². The maximum atomic E-state index is 13.5. The lowest BCUT2D eigenvalue weighted by molar-refractivity contribution is 0.540. The minimum atomic E-state index is -0.324. The van der Waals surface area contributed by atoms with Crippen molar-refractivity contribution in [1.82, 2.24) is 5.32 Å². The van der Waals surface area contributed by atoms with Crippen molar-refractivity contribution in [2.24, 2.45) is 0 Å². The van der Waals surface area contributed by atoms with Gasteiger partial charge in [0, 0.05) is 11.6 Å². The van der Waals surface area contributed by atoms with E-state index in [1.54, 1.807) is 6.92 Å². The monoisotopic (exact) mass is 197 g/mol. The third-order valence-corrected chi connectivity index (χ3v) is 2.71. The number of hydrogen-bond donors (Lipinski definition) is 1. The van der Waals surface area contributed by atoms with Crippen LogP contribution in [0.5, 0.6) is 0 Å². The van der Waals surface area contributed by atoms with Gasteiger partial charge in [0.2, 0.25) is 0 Å². The molecule has 14 heavy (non-hydrogen) atoms. The summed E-state index contributed by atoms with van der Waals surface area (Å²) < 4.78 is 26.7. The Hall–Kier alpha value is -0.960. The molecule has 0 bridgehead atoms. The summed E-state index contributed by atoms with van der Waals surface area (Å²) in [6.45, 7) is 2.46. The summed E-state index contributed by atoms with van der Waals surface area (Å²) >= 11 is 0. The van der Waals surface area contributed by atoms with Gasteiger partial charge in [-0.05, 0) is 44.0 Å². The predicted molar refractivity (Wildman–Crippen MR) is 51.1 cm³/mol. The molecule has 1 unspecified atom stereocenters. The molecule has 1 heterocycles. The Labute approximate surface area is 82.1 Å². The second kappa shape index (κ2) is 3.65. The molecule has 1 aromatic carbocycles. The highest BCUT2D eigenvalue weighted by molar-refractivity contribution is 5.28. The summed E-state index contributed by atoms with van der Waals surface area (Å²) in [5, 5.41) is 3.15. The summed E-state index contributed by atoms with van der Waals surface area (Å²) in [5.74, 6) is -0.626. The van der Waals surface area contributed by atoms with Crippen LogP contribution in [0.4, 0.5) is 8.78 Å². The van der Waals surface area contributed by atoms with Crippen LogP contribution in [-0.4, -0.2) is 6.54 Å². The maximum Gasteiger partial charge on any atom is 0.128 e. The summed E-state index contributed by atoms with van der Waals surface area (Å²) in [4.78, 5) is 0. The van der Waals surface area contributed by atoms with Crippen LogP contribution < -0.4 is 5.32 Å². The quantitative estimate of drug-likeness (QED) is 0.729. The molecule has 1 aromatic rings. The molecule has 3 heteroatoms. The Morgan fingerprint density at radius 3 is 2.71 bits per heavy atom. The lowest BCUT2D eigenvalue weighted by Gasteiger charge is -2.12. The number of hydrogen-bond acceptors (Lipinski definition) is 1. The molecule has 1 fully saturated rings. The minimum absolute atomic E-state index is 0.00917. The smallest absolute Gasteiger partial charge is 0.128 e. The predicted octanol–water partition coefficient (Wildman–Crippen LogP) is 2.70. The normalized spacial score (nSPS) is 21.5. The SMILES string of the molecule is Cc1cc(F)c(C2CCCN2)cc1F. The van der Waals surface area contributed by atoms with E-state index < -0.39 is 0 Å². The molecule has 2 rings (SSSR count). The molecule has 0 spiro atoms. The van der Waals surface area contributed by atoms with E-state index in [0.717, 1.165) is 19.4 Å². The topological polar surface area (TPSA) is 12.0 Å². The Morgan fingerprint density at radius 1 is 1.29 bits per heavy atom. The van der Waals surface area contributed by atoms with E-state index in [-0.39, 0.29) is 17.7 Å². The molecule has 0 radical (unpaired) electrons. The highest BCUT2D eigenvalue weighted by Gasteiger charge is 2.20. The van der Waals surface area contributed by atoms with E-state index in [9.17, 15) is 8.78 Å². The lowest BCUT2D eigenvalue weighted by atomic mass is 10.0. The molecule has 0 saturated carbocycles. The molecule has 76 valence electrons. The van der Waals surface area contributed by atoms with E-state index in [0.29, 0.717) is 11.1 Å². The first kappa shape index (κ1) is 9.59. The van der Waals surface area contributed by atoms with Crippen LogP contribution in [0.3, 0.4) is 0 Å². The average molecular weight is 197 g/mol. The fraction of sp³-hybridized carbons (Fsp3) is 0.455. The van der Waals surface area contributed by atoms with Crippen LogP contribution >= 0.6 is 0 Å². The van der Waals surface area contributed by atoms with E-state index in [2.05, 4.69) is 5.32 Å². The van der Waals surface area contributed by atoms with Gasteiger partial charge in [0.1, 0.15) is 11.6 Å². The molecule has 1 aliphatic rings. The van der Waals surface area contributed by atoms with Gasteiger partial charge in [-0.3, -0.25) is 0 Å². The number of benzene rings is 1. The fourth-order valence-corrected chi connectivity index (χ4v) is 1.88. The van der Waals surface area contributed by atoms with Crippen LogP contribution in [0.1, 0.15) is 30.0 Å². The van der Waals surface area contributed by atoms with Gasteiger partial charge >= 0.3 is 0 Å². The Kier molecular flexibility index (Phi) is 2.50. The van der Waals surface area contributed by atoms with Crippen molar-refractivity contribution in [3.63, 3.8) is 0 Å². The minimum Gasteiger partial charge on any atom is -0.310 e.